The van der Waals surface area contributed by atoms with Gasteiger partial charge in [0.1, 0.15) is 5.75 Å². The Bertz CT molecular complexity index is 336. The van der Waals surface area contributed by atoms with Crippen LogP contribution in [0.25, 0.3) is 0 Å². The van der Waals surface area contributed by atoms with Crippen molar-refractivity contribution in [2.75, 3.05) is 5.75 Å². The van der Waals surface area contributed by atoms with Gasteiger partial charge in [0.25, 0.3) is 0 Å². The van der Waals surface area contributed by atoms with E-state index in [-0.39, 0.29) is 11.5 Å². The van der Waals surface area contributed by atoms with Crippen molar-refractivity contribution in [1.29, 1.82) is 0 Å². The zero-order chi connectivity index (χ0) is 10.6. The highest BCUT2D eigenvalue weighted by molar-refractivity contribution is 7.99. The predicted octanol–water partition coefficient (Wildman–Crippen LogP) is 2.02. The second kappa shape index (κ2) is 4.91. The molecular formula is C10H12O3S. The van der Waals surface area contributed by atoms with Gasteiger partial charge in [0.15, 0.2) is 0 Å². The summed E-state index contributed by atoms with van der Waals surface area (Å²) >= 11 is 1.33. The van der Waals surface area contributed by atoms with E-state index in [1.165, 1.54) is 11.8 Å². The number of phenols is 1. The average molecular weight is 212 g/mol. The number of phenolic OH excluding ortho intramolecular Hbond substituents is 1. The molecule has 0 radical (unpaired) electrons. The van der Waals surface area contributed by atoms with E-state index in [2.05, 4.69) is 0 Å². The molecule has 0 aliphatic carbocycles. The molecule has 1 rings (SSSR count). The van der Waals surface area contributed by atoms with Gasteiger partial charge in [0.05, 0.1) is 5.75 Å². The quantitative estimate of drug-likeness (QED) is 0.801. The van der Waals surface area contributed by atoms with E-state index in [0.29, 0.717) is 5.75 Å². The van der Waals surface area contributed by atoms with Crippen LogP contribution >= 0.6 is 11.8 Å². The summed E-state index contributed by atoms with van der Waals surface area (Å²) in [5.74, 6) is 0.160. The molecule has 0 aliphatic heterocycles. The Morgan fingerprint density at radius 1 is 1.50 bits per heavy atom. The normalized spacial score (nSPS) is 10.1. The summed E-state index contributed by atoms with van der Waals surface area (Å²) in [6.45, 7) is 1.83. The first-order chi connectivity index (χ1) is 6.61. The van der Waals surface area contributed by atoms with Gasteiger partial charge in [-0.15, -0.1) is 11.8 Å². The average Bonchev–Trinajstić information content (AvgIpc) is 2.12. The Balaban J connectivity index is 2.59. The molecule has 0 saturated carbocycles. The standard InChI is InChI=1S/C10H12O3S/c1-7-8(3-2-4-9(7)11)5-14-6-10(12)13/h2-4,11H,5-6H2,1H3,(H,12,13). The number of hydrogen-bond donors (Lipinski definition) is 2. The van der Waals surface area contributed by atoms with Crippen LogP contribution in [0, 0.1) is 6.92 Å². The van der Waals surface area contributed by atoms with Gasteiger partial charge in [-0.25, -0.2) is 0 Å². The lowest BCUT2D eigenvalue weighted by atomic mass is 10.1. The van der Waals surface area contributed by atoms with Gasteiger partial charge in [-0.2, -0.15) is 0 Å². The summed E-state index contributed by atoms with van der Waals surface area (Å²) < 4.78 is 0. The maximum absolute atomic E-state index is 10.3. The SMILES string of the molecule is Cc1c(O)cccc1CSCC(=O)O. The molecule has 3 nitrogen and oxygen atoms in total. The molecule has 0 fully saturated rings. The molecule has 0 atom stereocenters. The van der Waals surface area contributed by atoms with E-state index in [4.69, 9.17) is 5.11 Å². The van der Waals surface area contributed by atoms with Crippen LogP contribution in [0.1, 0.15) is 11.1 Å². The number of thioether (sulfide) groups is 1. The lowest BCUT2D eigenvalue weighted by Gasteiger charge is -2.05. The molecule has 0 heterocycles. The van der Waals surface area contributed by atoms with Gasteiger partial charge in [-0.05, 0) is 24.1 Å². The summed E-state index contributed by atoms with van der Waals surface area (Å²) in [6.07, 6.45) is 0. The molecule has 1 aromatic rings. The second-order valence-corrected chi connectivity index (χ2v) is 3.93. The lowest BCUT2D eigenvalue weighted by molar-refractivity contribution is -0.133. The van der Waals surface area contributed by atoms with Crippen molar-refractivity contribution in [1.82, 2.24) is 0 Å². The summed E-state index contributed by atoms with van der Waals surface area (Å²) in [7, 11) is 0. The fraction of sp³-hybridized carbons (Fsp3) is 0.300. The second-order valence-electron chi connectivity index (χ2n) is 2.95. The van der Waals surface area contributed by atoms with E-state index in [1.54, 1.807) is 12.1 Å². The molecule has 0 amide bonds. The smallest absolute Gasteiger partial charge is 0.313 e. The number of aliphatic carboxylic acids is 1. The molecule has 76 valence electrons. The third-order valence-electron chi connectivity index (χ3n) is 1.90. The number of rotatable bonds is 4. The minimum absolute atomic E-state index is 0.0924. The van der Waals surface area contributed by atoms with Crippen molar-refractivity contribution in [3.05, 3.63) is 29.3 Å². The number of carboxylic acids is 1. The van der Waals surface area contributed by atoms with Gasteiger partial charge in [-0.1, -0.05) is 12.1 Å². The number of aromatic hydroxyl groups is 1. The molecule has 0 aliphatic rings. The van der Waals surface area contributed by atoms with Gasteiger partial charge in [0, 0.05) is 5.75 Å². The van der Waals surface area contributed by atoms with Gasteiger partial charge in [0.2, 0.25) is 0 Å². The summed E-state index contributed by atoms with van der Waals surface area (Å²) in [6, 6.07) is 5.28. The topological polar surface area (TPSA) is 57.5 Å². The molecule has 0 saturated heterocycles. The zero-order valence-electron chi connectivity index (χ0n) is 7.86. The highest BCUT2D eigenvalue weighted by Gasteiger charge is 2.03. The van der Waals surface area contributed by atoms with Crippen molar-refractivity contribution < 1.29 is 15.0 Å². The summed E-state index contributed by atoms with van der Waals surface area (Å²) in [5.41, 5.74) is 1.81. The maximum Gasteiger partial charge on any atom is 0.313 e. The molecule has 0 aromatic heterocycles. The van der Waals surface area contributed by atoms with Crippen molar-refractivity contribution >= 4 is 17.7 Å². The molecule has 4 heteroatoms. The third-order valence-corrected chi connectivity index (χ3v) is 2.87. The number of carboxylic acid groups (broad SMARTS) is 1. The minimum atomic E-state index is -0.812. The molecular weight excluding hydrogens is 200 g/mol. The summed E-state index contributed by atoms with van der Waals surface area (Å²) in [5, 5.41) is 17.8. The Labute approximate surface area is 86.8 Å². The van der Waals surface area contributed by atoms with Crippen molar-refractivity contribution in [3.63, 3.8) is 0 Å². The Hall–Kier alpha value is -1.16. The minimum Gasteiger partial charge on any atom is -0.508 e. The van der Waals surface area contributed by atoms with Crippen LogP contribution in [-0.4, -0.2) is 21.9 Å². The van der Waals surface area contributed by atoms with E-state index < -0.39 is 5.97 Å². The van der Waals surface area contributed by atoms with Crippen LogP contribution in [0.5, 0.6) is 5.75 Å². The fourth-order valence-electron chi connectivity index (χ4n) is 1.07. The van der Waals surface area contributed by atoms with Crippen molar-refractivity contribution in [3.8, 4) is 5.75 Å². The first-order valence-electron chi connectivity index (χ1n) is 4.18. The van der Waals surface area contributed by atoms with Gasteiger partial charge < -0.3 is 10.2 Å². The highest BCUT2D eigenvalue weighted by atomic mass is 32.2. The van der Waals surface area contributed by atoms with Crippen LogP contribution < -0.4 is 0 Å². The number of carbonyl (C=O) groups is 1. The lowest BCUT2D eigenvalue weighted by Crippen LogP contribution is -1.98. The highest BCUT2D eigenvalue weighted by Crippen LogP contribution is 2.23. The number of benzene rings is 1. The zero-order valence-corrected chi connectivity index (χ0v) is 8.67. The van der Waals surface area contributed by atoms with E-state index in [9.17, 15) is 9.90 Å². The largest absolute Gasteiger partial charge is 0.508 e. The summed E-state index contributed by atoms with van der Waals surface area (Å²) in [4.78, 5) is 10.3. The molecule has 0 bridgehead atoms. The number of hydrogen-bond acceptors (Lipinski definition) is 3. The Morgan fingerprint density at radius 3 is 2.86 bits per heavy atom. The van der Waals surface area contributed by atoms with Crippen LogP contribution in [0.15, 0.2) is 18.2 Å². The first-order valence-corrected chi connectivity index (χ1v) is 5.33. The van der Waals surface area contributed by atoms with Gasteiger partial charge >= 0.3 is 5.97 Å². The van der Waals surface area contributed by atoms with Crippen LogP contribution in [0.2, 0.25) is 0 Å². The Morgan fingerprint density at radius 2 is 2.21 bits per heavy atom. The third kappa shape index (κ3) is 2.96. The maximum atomic E-state index is 10.3. The molecule has 0 spiro atoms. The first kappa shape index (κ1) is 10.9. The fourth-order valence-corrected chi connectivity index (χ4v) is 1.88. The molecule has 0 unspecified atom stereocenters. The van der Waals surface area contributed by atoms with E-state index in [0.717, 1.165) is 11.1 Å². The van der Waals surface area contributed by atoms with Crippen molar-refractivity contribution in [2.45, 2.75) is 12.7 Å². The molecule has 1 aromatic carbocycles. The van der Waals surface area contributed by atoms with E-state index >= 15 is 0 Å². The predicted molar refractivity (Wildman–Crippen MR) is 56.6 cm³/mol. The van der Waals surface area contributed by atoms with Crippen LogP contribution in [-0.2, 0) is 10.5 Å². The Kier molecular flexibility index (Phi) is 3.83. The van der Waals surface area contributed by atoms with Gasteiger partial charge in [-0.3, -0.25) is 4.79 Å². The van der Waals surface area contributed by atoms with Crippen molar-refractivity contribution in [2.24, 2.45) is 0 Å². The van der Waals surface area contributed by atoms with E-state index in [1.807, 2.05) is 13.0 Å². The monoisotopic (exact) mass is 212 g/mol. The molecule has 14 heavy (non-hydrogen) atoms. The molecule has 2 N–H and O–H groups in total. The van der Waals surface area contributed by atoms with Crippen LogP contribution in [0.4, 0.5) is 0 Å². The van der Waals surface area contributed by atoms with Crippen LogP contribution in [0.3, 0.4) is 0 Å².